The van der Waals surface area contributed by atoms with Gasteiger partial charge < -0.3 is 14.4 Å². The van der Waals surface area contributed by atoms with Crippen molar-refractivity contribution in [2.24, 2.45) is 0 Å². The third-order valence-corrected chi connectivity index (χ3v) is 5.74. The van der Waals surface area contributed by atoms with Gasteiger partial charge in [-0.05, 0) is 36.2 Å². The lowest BCUT2D eigenvalue weighted by atomic mass is 9.91. The van der Waals surface area contributed by atoms with Gasteiger partial charge in [-0.1, -0.05) is 37.3 Å². The molecule has 4 heteroatoms. The van der Waals surface area contributed by atoms with Crippen molar-refractivity contribution >= 4 is 5.69 Å². The summed E-state index contributed by atoms with van der Waals surface area (Å²) in [4.78, 5) is 5.05. The number of likely N-dealkylation sites (N-methyl/N-ethyl adjacent to an activating group) is 1. The van der Waals surface area contributed by atoms with Crippen LogP contribution in [0.1, 0.15) is 24.2 Å². The molecule has 0 aliphatic carbocycles. The fourth-order valence-electron chi connectivity index (χ4n) is 4.31. The van der Waals surface area contributed by atoms with Gasteiger partial charge in [-0.3, -0.25) is 4.90 Å². The van der Waals surface area contributed by atoms with Gasteiger partial charge in [0.15, 0.2) is 0 Å². The van der Waals surface area contributed by atoms with Crippen molar-refractivity contribution in [3.05, 3.63) is 59.7 Å². The van der Waals surface area contributed by atoms with E-state index >= 15 is 0 Å². The van der Waals surface area contributed by atoms with Crippen LogP contribution in [0.5, 0.6) is 5.75 Å². The molecule has 0 bridgehead atoms. The lowest BCUT2D eigenvalue weighted by molar-refractivity contribution is -0.0265. The fourth-order valence-corrected chi connectivity index (χ4v) is 4.31. The highest BCUT2D eigenvalue weighted by atomic mass is 16.5. The molecule has 2 aromatic carbocycles. The Balaban J connectivity index is 1.61. The second kappa shape index (κ2) is 7.68. The normalized spacial score (nSPS) is 23.5. The SMILES string of the molecule is CCN1CCN(c2cccc(OC)c2)CC1C1OCCc2ccccc21. The molecule has 138 valence electrons. The second-order valence-electron chi connectivity index (χ2n) is 7.08. The number of fused-ring (bicyclic) bond motifs is 1. The monoisotopic (exact) mass is 352 g/mol. The molecule has 0 spiro atoms. The second-order valence-corrected chi connectivity index (χ2v) is 7.08. The molecule has 2 aliphatic heterocycles. The van der Waals surface area contributed by atoms with E-state index in [1.54, 1.807) is 7.11 Å². The Morgan fingerprint density at radius 3 is 2.85 bits per heavy atom. The quantitative estimate of drug-likeness (QED) is 0.841. The van der Waals surface area contributed by atoms with Crippen LogP contribution in [0.25, 0.3) is 0 Å². The number of methoxy groups -OCH3 is 1. The number of hydrogen-bond donors (Lipinski definition) is 0. The molecule has 2 aliphatic rings. The Kier molecular flexibility index (Phi) is 5.14. The van der Waals surface area contributed by atoms with Gasteiger partial charge in [0.1, 0.15) is 5.75 Å². The van der Waals surface area contributed by atoms with Crippen LogP contribution in [0.4, 0.5) is 5.69 Å². The molecule has 2 heterocycles. The first kappa shape index (κ1) is 17.4. The van der Waals surface area contributed by atoms with Gasteiger partial charge in [-0.25, -0.2) is 0 Å². The van der Waals surface area contributed by atoms with Gasteiger partial charge in [-0.15, -0.1) is 0 Å². The van der Waals surface area contributed by atoms with Crippen LogP contribution in [-0.4, -0.2) is 50.8 Å². The highest BCUT2D eigenvalue weighted by Crippen LogP contribution is 2.35. The van der Waals surface area contributed by atoms with Gasteiger partial charge in [-0.2, -0.15) is 0 Å². The number of piperazine rings is 1. The van der Waals surface area contributed by atoms with Gasteiger partial charge in [0.25, 0.3) is 0 Å². The standard InChI is InChI=1S/C22H28N2O2/c1-3-23-12-13-24(18-8-6-9-19(15-18)25-2)16-21(23)22-20-10-5-4-7-17(20)11-14-26-22/h4-10,15,21-22H,3,11-14,16H2,1-2H3. The largest absolute Gasteiger partial charge is 0.497 e. The van der Waals surface area contributed by atoms with E-state index in [0.717, 1.165) is 45.0 Å². The molecule has 0 amide bonds. The maximum atomic E-state index is 6.31. The number of rotatable bonds is 4. The molecule has 2 atom stereocenters. The van der Waals surface area contributed by atoms with E-state index in [9.17, 15) is 0 Å². The van der Waals surface area contributed by atoms with Gasteiger partial charge in [0.05, 0.1) is 25.9 Å². The molecule has 1 fully saturated rings. The lowest BCUT2D eigenvalue weighted by Gasteiger charge is -2.46. The Bertz CT molecular complexity index is 748. The Hall–Kier alpha value is -2.04. The average molecular weight is 352 g/mol. The smallest absolute Gasteiger partial charge is 0.120 e. The number of anilines is 1. The summed E-state index contributed by atoms with van der Waals surface area (Å²) in [7, 11) is 1.73. The highest BCUT2D eigenvalue weighted by molar-refractivity contribution is 5.51. The van der Waals surface area contributed by atoms with Gasteiger partial charge in [0.2, 0.25) is 0 Å². The summed E-state index contributed by atoms with van der Waals surface area (Å²) < 4.78 is 11.7. The fraction of sp³-hybridized carbons (Fsp3) is 0.455. The minimum Gasteiger partial charge on any atom is -0.497 e. The molecule has 0 saturated carbocycles. The van der Waals surface area contributed by atoms with Crippen molar-refractivity contribution in [1.29, 1.82) is 0 Å². The minimum absolute atomic E-state index is 0.147. The van der Waals surface area contributed by atoms with Crippen LogP contribution >= 0.6 is 0 Å². The van der Waals surface area contributed by atoms with Gasteiger partial charge in [0, 0.05) is 31.4 Å². The zero-order chi connectivity index (χ0) is 17.9. The number of benzene rings is 2. The molecule has 0 radical (unpaired) electrons. The van der Waals surface area contributed by atoms with E-state index in [4.69, 9.17) is 9.47 Å². The summed E-state index contributed by atoms with van der Waals surface area (Å²) in [5.41, 5.74) is 4.04. The molecule has 0 N–H and O–H groups in total. The molecule has 2 aromatic rings. The number of nitrogens with zero attached hydrogens (tertiary/aromatic N) is 2. The van der Waals surface area contributed by atoms with E-state index in [2.05, 4.69) is 59.2 Å². The van der Waals surface area contributed by atoms with Gasteiger partial charge >= 0.3 is 0 Å². The number of hydrogen-bond acceptors (Lipinski definition) is 4. The summed E-state index contributed by atoms with van der Waals surface area (Å²) in [6.45, 7) is 7.18. The lowest BCUT2D eigenvalue weighted by Crippen LogP contribution is -2.56. The molecule has 4 nitrogen and oxygen atoms in total. The summed E-state index contributed by atoms with van der Waals surface area (Å²) >= 11 is 0. The van der Waals surface area contributed by atoms with Crippen molar-refractivity contribution in [2.45, 2.75) is 25.5 Å². The van der Waals surface area contributed by atoms with Crippen LogP contribution in [0.2, 0.25) is 0 Å². The third-order valence-electron chi connectivity index (χ3n) is 5.74. The first-order valence-corrected chi connectivity index (χ1v) is 9.62. The van der Waals surface area contributed by atoms with Crippen LogP contribution in [0, 0.1) is 0 Å². The van der Waals surface area contributed by atoms with Crippen LogP contribution in [0.15, 0.2) is 48.5 Å². The van der Waals surface area contributed by atoms with E-state index in [1.807, 2.05) is 6.07 Å². The van der Waals surface area contributed by atoms with Crippen molar-refractivity contribution in [1.82, 2.24) is 4.90 Å². The topological polar surface area (TPSA) is 24.9 Å². The predicted octanol–water partition coefficient (Wildman–Crippen LogP) is 3.52. The molecule has 0 aromatic heterocycles. The van der Waals surface area contributed by atoms with Crippen molar-refractivity contribution < 1.29 is 9.47 Å². The van der Waals surface area contributed by atoms with Crippen LogP contribution in [0.3, 0.4) is 0 Å². The van der Waals surface area contributed by atoms with Crippen LogP contribution < -0.4 is 9.64 Å². The predicted molar refractivity (Wildman–Crippen MR) is 105 cm³/mol. The molecular formula is C22H28N2O2. The molecule has 2 unspecified atom stereocenters. The summed E-state index contributed by atoms with van der Waals surface area (Å²) in [6, 6.07) is 17.5. The Morgan fingerprint density at radius 1 is 1.12 bits per heavy atom. The summed E-state index contributed by atoms with van der Waals surface area (Å²) in [5, 5.41) is 0. The molecule has 1 saturated heterocycles. The zero-order valence-electron chi connectivity index (χ0n) is 15.7. The maximum absolute atomic E-state index is 6.31. The number of ether oxygens (including phenoxy) is 2. The Labute approximate surface area is 156 Å². The molecule has 26 heavy (non-hydrogen) atoms. The highest BCUT2D eigenvalue weighted by Gasteiger charge is 2.36. The summed E-state index contributed by atoms with van der Waals surface area (Å²) in [6.07, 6.45) is 1.17. The molecular weight excluding hydrogens is 324 g/mol. The van der Waals surface area contributed by atoms with E-state index in [1.165, 1.54) is 16.8 Å². The Morgan fingerprint density at radius 2 is 2.00 bits per heavy atom. The van der Waals surface area contributed by atoms with Crippen molar-refractivity contribution in [3.8, 4) is 5.75 Å². The minimum atomic E-state index is 0.147. The van der Waals surface area contributed by atoms with Crippen molar-refractivity contribution in [3.63, 3.8) is 0 Å². The van der Waals surface area contributed by atoms with E-state index in [0.29, 0.717) is 6.04 Å². The first-order valence-electron chi connectivity index (χ1n) is 9.62. The zero-order valence-corrected chi connectivity index (χ0v) is 15.7. The molecule has 4 rings (SSSR count). The first-order chi connectivity index (χ1) is 12.8. The average Bonchev–Trinajstić information content (AvgIpc) is 2.73. The van der Waals surface area contributed by atoms with Crippen molar-refractivity contribution in [2.75, 3.05) is 44.8 Å². The summed E-state index contributed by atoms with van der Waals surface area (Å²) in [5.74, 6) is 0.913. The van der Waals surface area contributed by atoms with E-state index < -0.39 is 0 Å². The van der Waals surface area contributed by atoms with Crippen LogP contribution in [-0.2, 0) is 11.2 Å². The third kappa shape index (κ3) is 3.31. The maximum Gasteiger partial charge on any atom is 0.120 e. The van der Waals surface area contributed by atoms with E-state index in [-0.39, 0.29) is 6.10 Å².